The Labute approximate surface area is 163 Å². The zero-order valence-electron chi connectivity index (χ0n) is 15.7. The number of hydrogen-bond donors (Lipinski definition) is 1. The fourth-order valence-corrected chi connectivity index (χ4v) is 3.67. The first-order valence-corrected chi connectivity index (χ1v) is 10.1. The largest absolute Gasteiger partial charge is 0.495 e. The Bertz CT molecular complexity index is 986. The quantitative estimate of drug-likeness (QED) is 0.735. The highest BCUT2D eigenvalue weighted by molar-refractivity contribution is 7.92. The molecule has 0 atom stereocenters. The second-order valence-corrected chi connectivity index (χ2v) is 7.96. The van der Waals surface area contributed by atoms with Crippen molar-refractivity contribution in [1.29, 1.82) is 0 Å². The van der Waals surface area contributed by atoms with Gasteiger partial charge in [0.25, 0.3) is 10.0 Å². The predicted molar refractivity (Wildman–Crippen MR) is 102 cm³/mol. The van der Waals surface area contributed by atoms with Crippen molar-refractivity contribution in [3.8, 4) is 17.2 Å². The number of benzene rings is 2. The third-order valence-electron chi connectivity index (χ3n) is 3.85. The maximum atomic E-state index is 12.8. The van der Waals surface area contributed by atoms with E-state index in [9.17, 15) is 13.2 Å². The first kappa shape index (κ1) is 19.8. The summed E-state index contributed by atoms with van der Waals surface area (Å²) in [4.78, 5) is 12.1. The molecular weight excluding hydrogens is 386 g/mol. The molecule has 0 amide bonds. The highest BCUT2D eigenvalue weighted by Crippen LogP contribution is 2.34. The van der Waals surface area contributed by atoms with Gasteiger partial charge in [-0.2, -0.15) is 0 Å². The van der Waals surface area contributed by atoms with E-state index >= 15 is 0 Å². The number of carbonyl (C=O) groups excluding carboxylic acids is 1. The number of nitrogens with one attached hydrogen (secondary N) is 1. The summed E-state index contributed by atoms with van der Waals surface area (Å²) < 4.78 is 49.3. The normalized spacial score (nSPS) is 13.1. The summed E-state index contributed by atoms with van der Waals surface area (Å²) in [5.41, 5.74) is 0.324. The lowest BCUT2D eigenvalue weighted by molar-refractivity contribution is 0.0378. The number of methoxy groups -OCH3 is 1. The fraction of sp³-hybridized carbons (Fsp3) is 0.316. The molecule has 3 rings (SSSR count). The smallest absolute Gasteiger partial charge is 0.338 e. The van der Waals surface area contributed by atoms with E-state index in [0.717, 1.165) is 0 Å². The first-order chi connectivity index (χ1) is 13.3. The van der Waals surface area contributed by atoms with Crippen molar-refractivity contribution in [3.63, 3.8) is 0 Å². The van der Waals surface area contributed by atoms with Gasteiger partial charge in [-0.25, -0.2) is 13.2 Å². The number of sulfonamides is 1. The van der Waals surface area contributed by atoms with Gasteiger partial charge in [0.05, 0.1) is 29.4 Å². The van der Waals surface area contributed by atoms with Gasteiger partial charge in [0.15, 0.2) is 11.5 Å². The molecule has 2 aromatic carbocycles. The number of rotatable bonds is 6. The number of carbonyl (C=O) groups is 1. The van der Waals surface area contributed by atoms with Crippen LogP contribution in [0.2, 0.25) is 0 Å². The topological polar surface area (TPSA) is 100 Å². The SMILES string of the molecule is COc1ccc(C(=O)OC(C)C)cc1NS(=O)(=O)c1ccc2c(c1)OCCO2. The molecule has 28 heavy (non-hydrogen) atoms. The van der Waals surface area contributed by atoms with Gasteiger partial charge in [-0.3, -0.25) is 4.72 Å². The highest BCUT2D eigenvalue weighted by atomic mass is 32.2. The molecule has 0 saturated heterocycles. The van der Waals surface area contributed by atoms with E-state index in [2.05, 4.69) is 4.72 Å². The van der Waals surface area contributed by atoms with Crippen LogP contribution in [0.15, 0.2) is 41.3 Å². The van der Waals surface area contributed by atoms with Crippen LogP contribution < -0.4 is 18.9 Å². The van der Waals surface area contributed by atoms with E-state index in [-0.39, 0.29) is 28.0 Å². The molecular formula is C19H21NO7S. The Balaban J connectivity index is 1.91. The Morgan fingerprint density at radius 1 is 1.07 bits per heavy atom. The minimum atomic E-state index is -3.96. The summed E-state index contributed by atoms with van der Waals surface area (Å²) in [6.45, 7) is 4.21. The third-order valence-corrected chi connectivity index (χ3v) is 5.21. The number of esters is 1. The number of hydrogen-bond acceptors (Lipinski definition) is 7. The van der Waals surface area contributed by atoms with Gasteiger partial charge in [0.2, 0.25) is 0 Å². The Kier molecular flexibility index (Phi) is 5.64. The zero-order valence-corrected chi connectivity index (χ0v) is 16.5. The molecule has 0 spiro atoms. The van der Waals surface area contributed by atoms with Crippen LogP contribution in [0.4, 0.5) is 5.69 Å². The molecule has 1 N–H and O–H groups in total. The van der Waals surface area contributed by atoms with Crippen molar-refractivity contribution < 1.29 is 32.2 Å². The van der Waals surface area contributed by atoms with Crippen LogP contribution in [-0.2, 0) is 14.8 Å². The first-order valence-electron chi connectivity index (χ1n) is 8.61. The molecule has 9 heteroatoms. The molecule has 150 valence electrons. The van der Waals surface area contributed by atoms with Gasteiger partial charge in [-0.1, -0.05) is 0 Å². The summed E-state index contributed by atoms with van der Waals surface area (Å²) >= 11 is 0. The van der Waals surface area contributed by atoms with Crippen molar-refractivity contribution in [2.45, 2.75) is 24.8 Å². The molecule has 0 aliphatic carbocycles. The van der Waals surface area contributed by atoms with Crippen molar-refractivity contribution in [2.24, 2.45) is 0 Å². The number of fused-ring (bicyclic) bond motifs is 1. The average molecular weight is 407 g/mol. The van der Waals surface area contributed by atoms with Crippen LogP contribution >= 0.6 is 0 Å². The summed E-state index contributed by atoms with van der Waals surface area (Å²) in [5, 5.41) is 0. The van der Waals surface area contributed by atoms with Gasteiger partial charge >= 0.3 is 5.97 Å². The summed E-state index contributed by atoms with van der Waals surface area (Å²) in [6.07, 6.45) is -0.299. The third kappa shape index (κ3) is 4.30. The lowest BCUT2D eigenvalue weighted by Crippen LogP contribution is -2.18. The van der Waals surface area contributed by atoms with Crippen molar-refractivity contribution >= 4 is 21.7 Å². The molecule has 0 aromatic heterocycles. The standard InChI is InChI=1S/C19H21NO7S/c1-12(2)27-19(21)13-4-6-16(24-3)15(10-13)20-28(22,23)14-5-7-17-18(11-14)26-9-8-25-17/h4-7,10-12,20H,8-9H2,1-3H3. The molecule has 2 aromatic rings. The van der Waals surface area contributed by atoms with Crippen LogP contribution in [0.25, 0.3) is 0 Å². The predicted octanol–water partition coefficient (Wildman–Crippen LogP) is 2.83. The Morgan fingerprint density at radius 3 is 2.46 bits per heavy atom. The molecule has 0 fully saturated rings. The van der Waals surface area contributed by atoms with Crippen molar-refractivity contribution in [1.82, 2.24) is 0 Å². The molecule has 1 heterocycles. The average Bonchev–Trinajstić information content (AvgIpc) is 2.66. The van der Waals surface area contributed by atoms with Crippen LogP contribution in [0.3, 0.4) is 0 Å². The molecule has 0 unspecified atom stereocenters. The second-order valence-electron chi connectivity index (χ2n) is 6.28. The molecule has 1 aliphatic rings. The minimum absolute atomic E-state index is 0.00559. The Hall–Kier alpha value is -2.94. The van der Waals surface area contributed by atoms with E-state index in [4.69, 9.17) is 18.9 Å². The Morgan fingerprint density at radius 2 is 1.79 bits per heavy atom. The molecule has 0 radical (unpaired) electrons. The lowest BCUT2D eigenvalue weighted by Gasteiger charge is -2.19. The van der Waals surface area contributed by atoms with E-state index in [1.807, 2.05) is 0 Å². The van der Waals surface area contributed by atoms with E-state index < -0.39 is 16.0 Å². The van der Waals surface area contributed by atoms with Crippen LogP contribution in [-0.4, -0.2) is 40.8 Å². The molecule has 0 saturated carbocycles. The van der Waals surface area contributed by atoms with Crippen molar-refractivity contribution in [3.05, 3.63) is 42.0 Å². The van der Waals surface area contributed by atoms with Gasteiger partial charge in [-0.15, -0.1) is 0 Å². The van der Waals surface area contributed by atoms with Crippen LogP contribution in [0, 0.1) is 0 Å². The van der Waals surface area contributed by atoms with Crippen LogP contribution in [0.5, 0.6) is 17.2 Å². The maximum Gasteiger partial charge on any atom is 0.338 e. The molecule has 0 bridgehead atoms. The summed E-state index contributed by atoms with van der Waals surface area (Å²) in [5.74, 6) is 0.552. The lowest BCUT2D eigenvalue weighted by atomic mass is 10.2. The van der Waals surface area contributed by atoms with Gasteiger partial charge in [0, 0.05) is 6.07 Å². The van der Waals surface area contributed by atoms with E-state index in [1.165, 1.54) is 43.5 Å². The second kappa shape index (κ2) is 7.97. The number of anilines is 1. The number of ether oxygens (including phenoxy) is 4. The summed E-state index contributed by atoms with van der Waals surface area (Å²) in [6, 6.07) is 8.72. The fourth-order valence-electron chi connectivity index (χ4n) is 2.59. The minimum Gasteiger partial charge on any atom is -0.495 e. The van der Waals surface area contributed by atoms with E-state index in [1.54, 1.807) is 13.8 Å². The highest BCUT2D eigenvalue weighted by Gasteiger charge is 2.22. The molecule has 8 nitrogen and oxygen atoms in total. The van der Waals surface area contributed by atoms with Crippen LogP contribution in [0.1, 0.15) is 24.2 Å². The van der Waals surface area contributed by atoms with Gasteiger partial charge in [-0.05, 0) is 44.2 Å². The zero-order chi connectivity index (χ0) is 20.3. The maximum absolute atomic E-state index is 12.8. The van der Waals surface area contributed by atoms with Gasteiger partial charge < -0.3 is 18.9 Å². The molecule has 1 aliphatic heterocycles. The monoisotopic (exact) mass is 407 g/mol. The van der Waals surface area contributed by atoms with E-state index in [0.29, 0.717) is 24.7 Å². The van der Waals surface area contributed by atoms with Crippen molar-refractivity contribution in [2.75, 3.05) is 25.0 Å². The summed E-state index contributed by atoms with van der Waals surface area (Å²) in [7, 11) is -2.56. The van der Waals surface area contributed by atoms with Gasteiger partial charge in [0.1, 0.15) is 19.0 Å².